The number of alkyl carbamates (subject to hydrolysis) is 1. The molecule has 1 saturated carbocycles. The van der Waals surface area contributed by atoms with Crippen LogP contribution >= 0.6 is 0 Å². The van der Waals surface area contributed by atoms with E-state index in [0.717, 1.165) is 31.7 Å². The van der Waals surface area contributed by atoms with Crippen LogP contribution in [0.2, 0.25) is 0 Å². The third-order valence-corrected chi connectivity index (χ3v) is 4.41. The number of carbonyl (C=O) groups excluding carboxylic acids is 1. The van der Waals surface area contributed by atoms with Crippen LogP contribution in [0.5, 0.6) is 0 Å². The summed E-state index contributed by atoms with van der Waals surface area (Å²) in [6.07, 6.45) is 0.549. The van der Waals surface area contributed by atoms with Gasteiger partial charge in [-0.3, -0.25) is 0 Å². The number of alkyl halides is 3. The predicted octanol–water partition coefficient (Wildman–Crippen LogP) is 6.47. The molecule has 1 fully saturated rings. The highest BCUT2D eigenvalue weighted by atomic mass is 19.4. The third-order valence-electron chi connectivity index (χ3n) is 4.41. The third kappa shape index (κ3) is 17.8. The van der Waals surface area contributed by atoms with Crippen molar-refractivity contribution in [3.63, 3.8) is 0 Å². The zero-order valence-corrected chi connectivity index (χ0v) is 20.8. The van der Waals surface area contributed by atoms with Crippen LogP contribution < -0.4 is 5.32 Å². The Morgan fingerprint density at radius 1 is 1.12 bits per heavy atom. The molecule has 0 saturated heterocycles. The highest BCUT2D eigenvalue weighted by molar-refractivity contribution is 5.67. The molecule has 1 aromatic rings. The van der Waals surface area contributed by atoms with E-state index in [4.69, 9.17) is 9.84 Å². The van der Waals surface area contributed by atoms with Crippen LogP contribution in [0.3, 0.4) is 0 Å². The lowest BCUT2D eigenvalue weighted by atomic mass is 9.83. The summed E-state index contributed by atoms with van der Waals surface area (Å²) in [5, 5.41) is 9.86. The molecule has 0 atom stereocenters. The van der Waals surface area contributed by atoms with Gasteiger partial charge in [-0.25, -0.2) is 4.79 Å². The van der Waals surface area contributed by atoms with Crippen LogP contribution in [-0.4, -0.2) is 44.7 Å². The fourth-order valence-electron chi connectivity index (χ4n) is 2.90. The summed E-state index contributed by atoms with van der Waals surface area (Å²) in [7, 11) is 4.25. The number of amides is 1. The molecular formula is C24H44F3NO4. The van der Waals surface area contributed by atoms with E-state index in [1.54, 1.807) is 27.2 Å². The lowest BCUT2D eigenvalue weighted by Crippen LogP contribution is -2.36. The normalized spacial score (nSPS) is 17.9. The lowest BCUT2D eigenvalue weighted by Gasteiger charge is -2.27. The van der Waals surface area contributed by atoms with Crippen LogP contribution in [0.15, 0.2) is 24.3 Å². The Kier molecular flexibility index (Phi) is 17.0. The standard InChI is InChI=1S/C13H25NO2.C8H7F3.C2H6O.CH4O.H2/c1-10-5-7-11(8-6-10)9-14-12(15)16-13(2,3)4;1-6-3-2-4-7(5-6)8(9,10)11;1-3-2;1-2;/h10-11H,5-9H2,1-4H3,(H,14,15);2-5H,1H3;1-2H3;2H,1H3;1H. The number of hydrogen-bond acceptors (Lipinski definition) is 4. The van der Waals surface area contributed by atoms with Gasteiger partial charge in [-0.1, -0.05) is 43.5 Å². The second-order valence-corrected chi connectivity index (χ2v) is 8.78. The van der Waals surface area contributed by atoms with E-state index in [2.05, 4.69) is 17.0 Å². The fraction of sp³-hybridized carbons (Fsp3) is 0.708. The molecule has 0 aliphatic heterocycles. The lowest BCUT2D eigenvalue weighted by molar-refractivity contribution is -0.137. The maximum atomic E-state index is 12.0. The number of halogens is 3. The maximum absolute atomic E-state index is 12.0. The number of carbonyl (C=O) groups is 1. The van der Waals surface area contributed by atoms with Crippen molar-refractivity contribution in [1.82, 2.24) is 5.32 Å². The van der Waals surface area contributed by atoms with Gasteiger partial charge in [-0.15, -0.1) is 0 Å². The van der Waals surface area contributed by atoms with Crippen LogP contribution in [0.1, 0.15) is 65.9 Å². The van der Waals surface area contributed by atoms with Gasteiger partial charge < -0.3 is 19.9 Å². The average Bonchev–Trinajstić information content (AvgIpc) is 2.68. The van der Waals surface area contributed by atoms with Gasteiger partial charge in [0, 0.05) is 29.3 Å². The summed E-state index contributed by atoms with van der Waals surface area (Å²) in [6.45, 7) is 10.4. The van der Waals surface area contributed by atoms with Crippen molar-refractivity contribution in [2.75, 3.05) is 27.9 Å². The second-order valence-electron chi connectivity index (χ2n) is 8.78. The van der Waals surface area contributed by atoms with E-state index in [-0.39, 0.29) is 7.52 Å². The van der Waals surface area contributed by atoms with Crippen LogP contribution in [0, 0.1) is 18.8 Å². The number of rotatable bonds is 2. The first-order chi connectivity index (χ1) is 14.8. The molecule has 0 radical (unpaired) electrons. The first-order valence-corrected chi connectivity index (χ1v) is 10.7. The topological polar surface area (TPSA) is 67.8 Å². The summed E-state index contributed by atoms with van der Waals surface area (Å²) in [5.41, 5.74) is -0.358. The number of hydrogen-bond donors (Lipinski definition) is 2. The van der Waals surface area contributed by atoms with Crippen LogP contribution in [0.25, 0.3) is 0 Å². The number of benzene rings is 1. The molecule has 0 unspecified atom stereocenters. The van der Waals surface area contributed by atoms with Crippen molar-refractivity contribution in [2.24, 2.45) is 11.8 Å². The number of ether oxygens (including phenoxy) is 2. The minimum absolute atomic E-state index is 0. The first kappa shape index (κ1) is 32.4. The number of aryl methyl sites for hydroxylation is 1. The molecule has 0 spiro atoms. The molecule has 5 nitrogen and oxygen atoms in total. The van der Waals surface area contributed by atoms with Crippen molar-refractivity contribution in [2.45, 2.75) is 72.1 Å². The van der Waals surface area contributed by atoms with Crippen molar-refractivity contribution < 1.29 is 34.0 Å². The monoisotopic (exact) mass is 467 g/mol. The molecule has 1 aromatic carbocycles. The smallest absolute Gasteiger partial charge is 0.416 e. The molecule has 0 aromatic heterocycles. The fourth-order valence-corrected chi connectivity index (χ4v) is 2.90. The summed E-state index contributed by atoms with van der Waals surface area (Å²) in [4.78, 5) is 11.4. The summed E-state index contributed by atoms with van der Waals surface area (Å²) < 4.78 is 45.4. The maximum Gasteiger partial charge on any atom is 0.416 e. The van der Waals surface area contributed by atoms with Gasteiger partial charge in [-0.05, 0) is 58.4 Å². The van der Waals surface area contributed by atoms with E-state index in [1.807, 2.05) is 20.8 Å². The largest absolute Gasteiger partial charge is 0.444 e. The minimum atomic E-state index is -4.22. The van der Waals surface area contributed by atoms with Crippen LogP contribution in [0.4, 0.5) is 18.0 Å². The Morgan fingerprint density at radius 3 is 2.00 bits per heavy atom. The predicted molar refractivity (Wildman–Crippen MR) is 125 cm³/mol. The molecule has 0 bridgehead atoms. The van der Waals surface area contributed by atoms with E-state index in [9.17, 15) is 18.0 Å². The molecule has 1 aliphatic carbocycles. The number of aliphatic hydroxyl groups is 1. The summed E-state index contributed by atoms with van der Waals surface area (Å²) >= 11 is 0. The van der Waals surface area contributed by atoms with Crippen molar-refractivity contribution in [3.05, 3.63) is 35.4 Å². The van der Waals surface area contributed by atoms with Gasteiger partial charge in [0.1, 0.15) is 5.60 Å². The molecular weight excluding hydrogens is 423 g/mol. The zero-order chi connectivity index (χ0) is 25.4. The van der Waals surface area contributed by atoms with E-state index in [1.165, 1.54) is 31.7 Å². The second kappa shape index (κ2) is 16.8. The molecule has 1 aliphatic rings. The Labute approximate surface area is 193 Å². The minimum Gasteiger partial charge on any atom is -0.444 e. The molecule has 190 valence electrons. The molecule has 32 heavy (non-hydrogen) atoms. The molecule has 2 rings (SSSR count). The number of aliphatic hydroxyl groups excluding tert-OH is 1. The summed E-state index contributed by atoms with van der Waals surface area (Å²) in [5.74, 6) is 1.50. The Bertz CT molecular complexity index is 614. The molecule has 8 heteroatoms. The SMILES string of the molecule is CC1CCC(CNC(=O)OC(C)(C)C)CC1.CO.COC.Cc1cccc(C(F)(F)F)c1.[HH]. The van der Waals surface area contributed by atoms with Crippen LogP contribution in [-0.2, 0) is 15.7 Å². The van der Waals surface area contributed by atoms with Gasteiger partial charge in [0.05, 0.1) is 5.56 Å². The molecule has 1 amide bonds. The highest BCUT2D eigenvalue weighted by Gasteiger charge is 2.29. The number of nitrogens with one attached hydrogen (secondary N) is 1. The van der Waals surface area contributed by atoms with Gasteiger partial charge >= 0.3 is 12.3 Å². The van der Waals surface area contributed by atoms with E-state index >= 15 is 0 Å². The highest BCUT2D eigenvalue weighted by Crippen LogP contribution is 2.29. The van der Waals surface area contributed by atoms with Gasteiger partial charge in [0.25, 0.3) is 0 Å². The van der Waals surface area contributed by atoms with Gasteiger partial charge in [0.15, 0.2) is 0 Å². The molecule has 0 heterocycles. The zero-order valence-electron chi connectivity index (χ0n) is 20.8. The Morgan fingerprint density at radius 2 is 1.62 bits per heavy atom. The van der Waals surface area contributed by atoms with Gasteiger partial charge in [0.2, 0.25) is 0 Å². The Balaban J connectivity index is -0.000000462. The van der Waals surface area contributed by atoms with E-state index in [0.29, 0.717) is 11.5 Å². The van der Waals surface area contributed by atoms with Crippen molar-refractivity contribution in [3.8, 4) is 0 Å². The van der Waals surface area contributed by atoms with Crippen molar-refractivity contribution in [1.29, 1.82) is 0 Å². The Hall–Kier alpha value is -1.80. The van der Waals surface area contributed by atoms with Gasteiger partial charge in [-0.2, -0.15) is 13.2 Å². The average molecular weight is 468 g/mol. The number of methoxy groups -OCH3 is 1. The van der Waals surface area contributed by atoms with E-state index < -0.39 is 17.3 Å². The molecule has 2 N–H and O–H groups in total. The quantitative estimate of drug-likeness (QED) is 0.523. The summed E-state index contributed by atoms with van der Waals surface area (Å²) in [6, 6.07) is 5.22. The first-order valence-electron chi connectivity index (χ1n) is 10.7. The van der Waals surface area contributed by atoms with Crippen molar-refractivity contribution >= 4 is 6.09 Å².